The van der Waals surface area contributed by atoms with Crippen molar-refractivity contribution >= 4 is 11.7 Å². The SMILES string of the molecule is COCc1ccc(C(=O)NCc2ccc(N3CCCCCC3)nc2)o1. The number of furan rings is 1. The van der Waals surface area contributed by atoms with Gasteiger partial charge >= 0.3 is 0 Å². The number of rotatable bonds is 6. The summed E-state index contributed by atoms with van der Waals surface area (Å²) in [7, 11) is 1.59. The zero-order valence-electron chi connectivity index (χ0n) is 14.7. The van der Waals surface area contributed by atoms with E-state index in [-0.39, 0.29) is 5.91 Å². The number of ether oxygens (including phenoxy) is 1. The molecule has 0 aromatic carbocycles. The van der Waals surface area contributed by atoms with Gasteiger partial charge in [-0.2, -0.15) is 0 Å². The van der Waals surface area contributed by atoms with Crippen LogP contribution in [0.3, 0.4) is 0 Å². The highest BCUT2D eigenvalue weighted by atomic mass is 16.5. The van der Waals surface area contributed by atoms with Crippen LogP contribution >= 0.6 is 0 Å². The molecule has 0 unspecified atom stereocenters. The fourth-order valence-electron chi connectivity index (χ4n) is 3.00. The number of carbonyl (C=O) groups is 1. The molecule has 0 bridgehead atoms. The Morgan fingerprint density at radius 3 is 2.68 bits per heavy atom. The van der Waals surface area contributed by atoms with Gasteiger partial charge in [-0.3, -0.25) is 4.79 Å². The Hall–Kier alpha value is -2.34. The summed E-state index contributed by atoms with van der Waals surface area (Å²) in [5.41, 5.74) is 0.968. The van der Waals surface area contributed by atoms with Gasteiger partial charge in [0.05, 0.1) is 0 Å². The molecule has 2 aromatic rings. The fourth-order valence-corrected chi connectivity index (χ4v) is 3.00. The maximum Gasteiger partial charge on any atom is 0.287 e. The molecule has 1 fully saturated rings. The van der Waals surface area contributed by atoms with Gasteiger partial charge in [0.1, 0.15) is 18.2 Å². The molecule has 1 N–H and O–H groups in total. The van der Waals surface area contributed by atoms with Gasteiger partial charge in [0.2, 0.25) is 0 Å². The molecule has 1 saturated heterocycles. The molecule has 3 rings (SSSR count). The number of pyridine rings is 1. The third-order valence-corrected chi connectivity index (χ3v) is 4.36. The first-order chi connectivity index (χ1) is 12.3. The Balaban J connectivity index is 1.53. The number of hydrogen-bond donors (Lipinski definition) is 1. The number of hydrogen-bond acceptors (Lipinski definition) is 5. The summed E-state index contributed by atoms with van der Waals surface area (Å²) >= 11 is 0. The van der Waals surface area contributed by atoms with Crippen LogP contribution < -0.4 is 10.2 Å². The lowest BCUT2D eigenvalue weighted by Gasteiger charge is -2.21. The molecule has 1 amide bonds. The average Bonchev–Trinajstić information content (AvgIpc) is 2.94. The molecule has 0 saturated carbocycles. The molecule has 1 aliphatic heterocycles. The average molecular weight is 343 g/mol. The lowest BCUT2D eigenvalue weighted by atomic mass is 10.2. The van der Waals surface area contributed by atoms with Crippen LogP contribution in [0, 0.1) is 0 Å². The molecular weight excluding hydrogens is 318 g/mol. The van der Waals surface area contributed by atoms with Gasteiger partial charge in [-0.15, -0.1) is 0 Å². The van der Waals surface area contributed by atoms with Crippen LogP contribution in [-0.2, 0) is 17.9 Å². The van der Waals surface area contributed by atoms with E-state index in [0.717, 1.165) is 24.5 Å². The van der Waals surface area contributed by atoms with Crippen molar-refractivity contribution in [1.29, 1.82) is 0 Å². The fraction of sp³-hybridized carbons (Fsp3) is 0.474. The van der Waals surface area contributed by atoms with E-state index in [1.807, 2.05) is 18.3 Å². The smallest absolute Gasteiger partial charge is 0.287 e. The van der Waals surface area contributed by atoms with Crippen LogP contribution in [0.15, 0.2) is 34.9 Å². The second-order valence-electron chi connectivity index (χ2n) is 6.31. The van der Waals surface area contributed by atoms with E-state index in [2.05, 4.69) is 15.2 Å². The van der Waals surface area contributed by atoms with Crippen molar-refractivity contribution in [2.45, 2.75) is 38.8 Å². The molecule has 0 spiro atoms. The van der Waals surface area contributed by atoms with Crippen LogP contribution in [0.4, 0.5) is 5.82 Å². The molecule has 134 valence electrons. The summed E-state index contributed by atoms with van der Waals surface area (Å²) in [5.74, 6) is 1.71. The Labute approximate surface area is 148 Å². The summed E-state index contributed by atoms with van der Waals surface area (Å²) in [4.78, 5) is 19.0. The predicted octanol–water partition coefficient (Wildman–Crippen LogP) is 3.13. The summed E-state index contributed by atoms with van der Waals surface area (Å²) in [6, 6.07) is 7.46. The Kier molecular flexibility index (Phi) is 6.06. The Morgan fingerprint density at radius 2 is 2.00 bits per heavy atom. The third-order valence-electron chi connectivity index (χ3n) is 4.36. The lowest BCUT2D eigenvalue weighted by Crippen LogP contribution is -2.25. The minimum Gasteiger partial charge on any atom is -0.453 e. The van der Waals surface area contributed by atoms with Crippen LogP contribution in [-0.4, -0.2) is 31.1 Å². The molecule has 6 nitrogen and oxygen atoms in total. The standard InChI is InChI=1S/C19H25N3O3/c1-24-14-16-7-8-17(25-16)19(23)21-13-15-6-9-18(20-12-15)22-10-4-2-3-5-11-22/h6-9,12H,2-5,10-11,13-14H2,1H3,(H,21,23). The molecule has 25 heavy (non-hydrogen) atoms. The Morgan fingerprint density at radius 1 is 1.20 bits per heavy atom. The second kappa shape index (κ2) is 8.67. The van der Waals surface area contributed by atoms with E-state index in [0.29, 0.717) is 24.7 Å². The van der Waals surface area contributed by atoms with Crippen LogP contribution in [0.1, 0.15) is 47.6 Å². The van der Waals surface area contributed by atoms with Gasteiger partial charge in [0.25, 0.3) is 5.91 Å². The second-order valence-corrected chi connectivity index (χ2v) is 6.31. The molecule has 3 heterocycles. The molecule has 0 atom stereocenters. The molecule has 6 heteroatoms. The molecule has 2 aromatic heterocycles. The van der Waals surface area contributed by atoms with Gasteiger partial charge in [-0.25, -0.2) is 4.98 Å². The van der Waals surface area contributed by atoms with Crippen molar-refractivity contribution in [2.24, 2.45) is 0 Å². The Bertz CT molecular complexity index is 673. The quantitative estimate of drug-likeness (QED) is 0.873. The van der Waals surface area contributed by atoms with E-state index in [1.54, 1.807) is 19.2 Å². The highest BCUT2D eigenvalue weighted by Gasteiger charge is 2.12. The summed E-state index contributed by atoms with van der Waals surface area (Å²) in [6.07, 6.45) is 6.90. The largest absolute Gasteiger partial charge is 0.453 e. The van der Waals surface area contributed by atoms with Crippen molar-refractivity contribution in [3.8, 4) is 0 Å². The highest BCUT2D eigenvalue weighted by Crippen LogP contribution is 2.17. The highest BCUT2D eigenvalue weighted by molar-refractivity contribution is 5.91. The number of aromatic nitrogens is 1. The zero-order valence-corrected chi connectivity index (χ0v) is 14.7. The number of carbonyl (C=O) groups excluding carboxylic acids is 1. The third kappa shape index (κ3) is 4.82. The first-order valence-corrected chi connectivity index (χ1v) is 8.82. The van der Waals surface area contributed by atoms with E-state index in [1.165, 1.54) is 25.7 Å². The van der Waals surface area contributed by atoms with Crippen molar-refractivity contribution < 1.29 is 13.9 Å². The van der Waals surface area contributed by atoms with E-state index >= 15 is 0 Å². The van der Waals surface area contributed by atoms with E-state index in [9.17, 15) is 4.79 Å². The number of nitrogens with zero attached hydrogens (tertiary/aromatic N) is 2. The van der Waals surface area contributed by atoms with Gasteiger partial charge < -0.3 is 19.4 Å². The van der Waals surface area contributed by atoms with Crippen molar-refractivity contribution in [3.05, 3.63) is 47.5 Å². The lowest BCUT2D eigenvalue weighted by molar-refractivity contribution is 0.0914. The molecule has 1 aliphatic rings. The minimum atomic E-state index is -0.237. The van der Waals surface area contributed by atoms with Gasteiger partial charge in [0, 0.05) is 32.9 Å². The summed E-state index contributed by atoms with van der Waals surface area (Å²) in [6.45, 7) is 2.93. The van der Waals surface area contributed by atoms with Gasteiger partial charge in [0.15, 0.2) is 5.76 Å². The number of anilines is 1. The van der Waals surface area contributed by atoms with Crippen LogP contribution in [0.5, 0.6) is 0 Å². The van der Waals surface area contributed by atoms with Crippen molar-refractivity contribution in [1.82, 2.24) is 10.3 Å². The molecule has 0 aliphatic carbocycles. The minimum absolute atomic E-state index is 0.237. The number of methoxy groups -OCH3 is 1. The van der Waals surface area contributed by atoms with Crippen LogP contribution in [0.2, 0.25) is 0 Å². The number of nitrogens with one attached hydrogen (secondary N) is 1. The van der Waals surface area contributed by atoms with Gasteiger partial charge in [-0.05, 0) is 36.6 Å². The number of amides is 1. The van der Waals surface area contributed by atoms with Gasteiger partial charge in [-0.1, -0.05) is 18.9 Å². The van der Waals surface area contributed by atoms with Crippen molar-refractivity contribution in [3.63, 3.8) is 0 Å². The molecular formula is C19H25N3O3. The monoisotopic (exact) mass is 343 g/mol. The first-order valence-electron chi connectivity index (χ1n) is 8.82. The maximum absolute atomic E-state index is 12.1. The first kappa shape index (κ1) is 17.5. The maximum atomic E-state index is 12.1. The van der Waals surface area contributed by atoms with Crippen LogP contribution in [0.25, 0.3) is 0 Å². The predicted molar refractivity (Wildman–Crippen MR) is 95.5 cm³/mol. The normalized spacial score (nSPS) is 15.0. The van der Waals surface area contributed by atoms with Crippen molar-refractivity contribution in [2.75, 3.05) is 25.1 Å². The summed E-state index contributed by atoms with van der Waals surface area (Å²) < 4.78 is 10.4. The summed E-state index contributed by atoms with van der Waals surface area (Å²) in [5, 5.41) is 2.85. The van der Waals surface area contributed by atoms with E-state index in [4.69, 9.17) is 9.15 Å². The zero-order chi connectivity index (χ0) is 17.5. The molecule has 0 radical (unpaired) electrons. The topological polar surface area (TPSA) is 67.6 Å². The van der Waals surface area contributed by atoms with E-state index < -0.39 is 0 Å².